The van der Waals surface area contributed by atoms with Crippen molar-refractivity contribution < 1.29 is 24.2 Å². The quantitative estimate of drug-likeness (QED) is 0.149. The van der Waals surface area contributed by atoms with E-state index < -0.39 is 17.9 Å². The van der Waals surface area contributed by atoms with E-state index in [0.717, 1.165) is 16.7 Å². The molecule has 7 nitrogen and oxygen atoms in total. The number of ether oxygens (including phenoxy) is 2. The molecular formula is C30H26Cl2N2O5. The lowest BCUT2D eigenvalue weighted by Gasteiger charge is -2.15. The summed E-state index contributed by atoms with van der Waals surface area (Å²) < 4.78 is 10.6. The molecule has 0 aliphatic rings. The van der Waals surface area contributed by atoms with Gasteiger partial charge < -0.3 is 19.6 Å². The first-order chi connectivity index (χ1) is 18.8. The minimum absolute atomic E-state index is 0.0836. The molecular weight excluding hydrogens is 539 g/mol. The molecule has 0 amide bonds. The van der Waals surface area contributed by atoms with Gasteiger partial charge in [-0.1, -0.05) is 65.7 Å². The largest absolute Gasteiger partial charge is 0.494 e. The predicted molar refractivity (Wildman–Crippen MR) is 152 cm³/mol. The second kappa shape index (κ2) is 13.1. The van der Waals surface area contributed by atoms with E-state index in [0.29, 0.717) is 45.9 Å². The van der Waals surface area contributed by atoms with Gasteiger partial charge in [0, 0.05) is 22.7 Å². The summed E-state index contributed by atoms with van der Waals surface area (Å²) >= 11 is 12.4. The van der Waals surface area contributed by atoms with Crippen LogP contribution in [0, 0.1) is 0 Å². The summed E-state index contributed by atoms with van der Waals surface area (Å²) in [5, 5.41) is 9.55. The van der Waals surface area contributed by atoms with Crippen LogP contribution in [0.3, 0.4) is 0 Å². The highest BCUT2D eigenvalue weighted by atomic mass is 35.5. The fourth-order valence-electron chi connectivity index (χ4n) is 4.01. The number of carbonyl (C=O) groups is 2. The molecule has 1 heterocycles. The smallest absolute Gasteiger partial charge is 0.319 e. The minimum atomic E-state index is -0.830. The average Bonchev–Trinajstić information content (AvgIpc) is 3.40. The third kappa shape index (κ3) is 7.50. The van der Waals surface area contributed by atoms with E-state index in [4.69, 9.17) is 37.8 Å². The van der Waals surface area contributed by atoms with Gasteiger partial charge >= 0.3 is 11.9 Å². The van der Waals surface area contributed by atoms with Crippen LogP contribution < -0.4 is 4.74 Å². The molecule has 0 spiro atoms. The van der Waals surface area contributed by atoms with Crippen LogP contribution in [0.4, 0.5) is 0 Å². The van der Waals surface area contributed by atoms with E-state index in [2.05, 4.69) is 9.97 Å². The van der Waals surface area contributed by atoms with Crippen LogP contribution in [0.2, 0.25) is 10.0 Å². The van der Waals surface area contributed by atoms with Crippen molar-refractivity contribution in [2.75, 3.05) is 13.7 Å². The molecule has 0 saturated carbocycles. The van der Waals surface area contributed by atoms with Crippen molar-refractivity contribution in [3.8, 4) is 16.9 Å². The average molecular weight is 565 g/mol. The Kier molecular flexibility index (Phi) is 9.41. The number of imidazole rings is 1. The normalized spacial score (nSPS) is 11.9. The zero-order chi connectivity index (χ0) is 27.8. The second-order valence-corrected chi connectivity index (χ2v) is 9.52. The summed E-state index contributed by atoms with van der Waals surface area (Å²) in [4.78, 5) is 30.8. The van der Waals surface area contributed by atoms with E-state index >= 15 is 0 Å². The van der Waals surface area contributed by atoms with Crippen LogP contribution in [0.1, 0.15) is 41.4 Å². The molecule has 4 aromatic rings. The molecule has 2 N–H and O–H groups in total. The van der Waals surface area contributed by atoms with Crippen molar-refractivity contribution in [3.63, 3.8) is 0 Å². The zero-order valence-corrected chi connectivity index (χ0v) is 22.6. The van der Waals surface area contributed by atoms with Crippen molar-refractivity contribution in [1.29, 1.82) is 0 Å². The summed E-state index contributed by atoms with van der Waals surface area (Å²) in [5.74, 6) is -0.814. The van der Waals surface area contributed by atoms with Gasteiger partial charge in [0.15, 0.2) is 0 Å². The summed E-state index contributed by atoms with van der Waals surface area (Å²) in [6.07, 6.45) is 5.89. The Balaban J connectivity index is 1.47. The van der Waals surface area contributed by atoms with Gasteiger partial charge in [0.05, 0.1) is 19.4 Å². The van der Waals surface area contributed by atoms with E-state index in [-0.39, 0.29) is 6.42 Å². The number of aromatic nitrogens is 2. The van der Waals surface area contributed by atoms with Gasteiger partial charge in [0.1, 0.15) is 17.5 Å². The maximum Gasteiger partial charge on any atom is 0.319 e. The van der Waals surface area contributed by atoms with E-state index in [1.807, 2.05) is 60.7 Å². The highest BCUT2D eigenvalue weighted by molar-refractivity contribution is 6.35. The predicted octanol–water partition coefficient (Wildman–Crippen LogP) is 7.10. The Bertz CT molecular complexity index is 1480. The third-order valence-corrected chi connectivity index (χ3v) is 6.51. The Morgan fingerprint density at radius 3 is 2.54 bits per heavy atom. The number of carbonyl (C=O) groups excluding carboxylic acids is 1. The molecule has 3 aromatic carbocycles. The van der Waals surface area contributed by atoms with Gasteiger partial charge in [-0.05, 0) is 65.1 Å². The number of carboxylic acids is 1. The van der Waals surface area contributed by atoms with Crippen molar-refractivity contribution in [2.24, 2.45) is 0 Å². The van der Waals surface area contributed by atoms with E-state index in [9.17, 15) is 9.59 Å². The zero-order valence-electron chi connectivity index (χ0n) is 21.1. The number of carboxylic acid groups (broad SMARTS) is 1. The lowest BCUT2D eigenvalue weighted by Crippen LogP contribution is -2.16. The molecule has 0 bridgehead atoms. The molecule has 0 aliphatic heterocycles. The summed E-state index contributed by atoms with van der Waals surface area (Å²) in [7, 11) is 1.33. The number of benzene rings is 3. The van der Waals surface area contributed by atoms with Gasteiger partial charge in [-0.2, -0.15) is 0 Å². The lowest BCUT2D eigenvalue weighted by molar-refractivity contribution is -0.141. The first-order valence-corrected chi connectivity index (χ1v) is 12.9. The summed E-state index contributed by atoms with van der Waals surface area (Å²) in [5.41, 5.74) is 4.12. The molecule has 0 aliphatic carbocycles. The van der Waals surface area contributed by atoms with Crippen molar-refractivity contribution in [2.45, 2.75) is 18.8 Å². The van der Waals surface area contributed by atoms with Gasteiger partial charge in [-0.15, -0.1) is 0 Å². The van der Waals surface area contributed by atoms with Crippen LogP contribution in [0.25, 0.3) is 23.3 Å². The SMILES string of the molecule is COC(=O)C(c1cnc(/C=C/c2cccc(-c3ccc(OCCCC(=O)O)cc3)c2)[nH]1)c1ccc(Cl)cc1Cl. The number of rotatable bonds is 11. The number of nitrogens with zero attached hydrogens (tertiary/aromatic N) is 1. The first-order valence-electron chi connectivity index (χ1n) is 12.1. The fraction of sp³-hybridized carbons (Fsp3) is 0.167. The number of aliphatic carboxylic acids is 1. The number of hydrogen-bond donors (Lipinski definition) is 2. The third-order valence-electron chi connectivity index (χ3n) is 5.95. The molecule has 1 atom stereocenters. The molecule has 0 radical (unpaired) electrons. The Hall–Kier alpha value is -4.07. The van der Waals surface area contributed by atoms with Gasteiger partial charge in [0.25, 0.3) is 0 Å². The Morgan fingerprint density at radius 1 is 1.03 bits per heavy atom. The number of halogens is 2. The van der Waals surface area contributed by atoms with Gasteiger partial charge in [-0.3, -0.25) is 9.59 Å². The maximum absolute atomic E-state index is 12.6. The highest BCUT2D eigenvalue weighted by Gasteiger charge is 2.27. The van der Waals surface area contributed by atoms with Gasteiger partial charge in [0.2, 0.25) is 0 Å². The fourth-order valence-corrected chi connectivity index (χ4v) is 4.53. The maximum atomic E-state index is 12.6. The summed E-state index contributed by atoms with van der Waals surface area (Å²) in [6, 6.07) is 20.6. The standard InChI is InChI=1S/C30H26Cl2N2O5/c1-38-30(37)29(24-13-10-22(31)17-25(24)32)26-18-33-27(34-26)14-7-19-4-2-5-21(16-19)20-8-11-23(12-9-20)39-15-3-6-28(35)36/h2,4-5,7-14,16-18,29H,3,6,15H2,1H3,(H,33,34)(H,35,36)/b14-7+. The number of hydrogen-bond acceptors (Lipinski definition) is 5. The topological polar surface area (TPSA) is 102 Å². The van der Waals surface area contributed by atoms with E-state index in [1.54, 1.807) is 24.4 Å². The minimum Gasteiger partial charge on any atom is -0.494 e. The number of H-pyrrole nitrogens is 1. The van der Waals surface area contributed by atoms with Crippen molar-refractivity contribution >= 4 is 47.3 Å². The van der Waals surface area contributed by atoms with Crippen LogP contribution in [0.5, 0.6) is 5.75 Å². The van der Waals surface area contributed by atoms with Crippen molar-refractivity contribution in [1.82, 2.24) is 9.97 Å². The molecule has 0 fully saturated rings. The first kappa shape index (κ1) is 28.0. The van der Waals surface area contributed by atoms with Crippen molar-refractivity contribution in [3.05, 3.63) is 106 Å². The molecule has 39 heavy (non-hydrogen) atoms. The number of nitrogens with one attached hydrogen (secondary N) is 1. The second-order valence-electron chi connectivity index (χ2n) is 8.67. The van der Waals surface area contributed by atoms with Crippen LogP contribution in [-0.2, 0) is 14.3 Å². The van der Waals surface area contributed by atoms with Gasteiger partial charge in [-0.25, -0.2) is 4.98 Å². The molecule has 9 heteroatoms. The Morgan fingerprint density at radius 2 is 1.82 bits per heavy atom. The molecule has 1 unspecified atom stereocenters. The Labute approximate surface area is 236 Å². The van der Waals surface area contributed by atoms with E-state index in [1.165, 1.54) is 7.11 Å². The lowest BCUT2D eigenvalue weighted by atomic mass is 9.96. The van der Waals surface area contributed by atoms with Crippen LogP contribution >= 0.6 is 23.2 Å². The molecule has 200 valence electrons. The number of esters is 1. The van der Waals surface area contributed by atoms with Crippen LogP contribution in [0.15, 0.2) is 72.9 Å². The number of aromatic amines is 1. The van der Waals surface area contributed by atoms with Crippen LogP contribution in [-0.4, -0.2) is 40.7 Å². The summed E-state index contributed by atoms with van der Waals surface area (Å²) in [6.45, 7) is 0.355. The highest BCUT2D eigenvalue weighted by Crippen LogP contribution is 2.32. The monoisotopic (exact) mass is 564 g/mol. The molecule has 4 rings (SSSR count). The molecule has 1 aromatic heterocycles. The molecule has 0 saturated heterocycles. The number of methoxy groups -OCH3 is 1.